The highest BCUT2D eigenvalue weighted by molar-refractivity contribution is 7.98. The molecule has 2 unspecified atom stereocenters. The zero-order chi connectivity index (χ0) is 13.0. The van der Waals surface area contributed by atoms with Crippen molar-refractivity contribution in [2.45, 2.75) is 32.2 Å². The van der Waals surface area contributed by atoms with Gasteiger partial charge in [-0.2, -0.15) is 11.8 Å². The van der Waals surface area contributed by atoms with Gasteiger partial charge in [-0.05, 0) is 49.3 Å². The summed E-state index contributed by atoms with van der Waals surface area (Å²) >= 11 is 1.90. The molecule has 0 amide bonds. The number of nitrogens with one attached hydrogen (secondary N) is 2. The molecule has 2 rings (SSSR count). The third-order valence-corrected chi connectivity index (χ3v) is 4.40. The Bertz CT molecular complexity index is 444. The number of aromatic nitrogens is 1. The second-order valence-electron chi connectivity index (χ2n) is 5.17. The highest BCUT2D eigenvalue weighted by Crippen LogP contribution is 2.27. The van der Waals surface area contributed by atoms with Gasteiger partial charge in [0.1, 0.15) is 0 Å². The van der Waals surface area contributed by atoms with Gasteiger partial charge in [-0.15, -0.1) is 0 Å². The van der Waals surface area contributed by atoms with E-state index in [1.807, 2.05) is 17.8 Å². The van der Waals surface area contributed by atoms with Gasteiger partial charge in [0.25, 0.3) is 0 Å². The van der Waals surface area contributed by atoms with Crippen molar-refractivity contribution in [3.05, 3.63) is 33.7 Å². The molecule has 1 aliphatic carbocycles. The number of aryl methyl sites for hydroxylation is 1. The first-order chi connectivity index (χ1) is 8.70. The average molecular weight is 266 g/mol. The van der Waals surface area contributed by atoms with Crippen LogP contribution in [0.4, 0.5) is 0 Å². The monoisotopic (exact) mass is 266 g/mol. The molecule has 0 bridgehead atoms. The van der Waals surface area contributed by atoms with Crippen molar-refractivity contribution in [1.29, 1.82) is 0 Å². The first kappa shape index (κ1) is 13.7. The minimum atomic E-state index is 0.0187. The number of pyridine rings is 1. The van der Waals surface area contributed by atoms with Gasteiger partial charge in [-0.25, -0.2) is 0 Å². The van der Waals surface area contributed by atoms with Crippen molar-refractivity contribution >= 4 is 11.8 Å². The minimum absolute atomic E-state index is 0.0187. The second kappa shape index (κ2) is 6.43. The lowest BCUT2D eigenvalue weighted by Crippen LogP contribution is -2.31. The highest BCUT2D eigenvalue weighted by atomic mass is 32.2. The Kier molecular flexibility index (Phi) is 4.89. The smallest absolute Gasteiger partial charge is 0.248 e. The van der Waals surface area contributed by atoms with Crippen molar-refractivity contribution in [2.75, 3.05) is 18.6 Å². The Morgan fingerprint density at radius 2 is 2.39 bits per heavy atom. The van der Waals surface area contributed by atoms with E-state index in [1.54, 1.807) is 6.07 Å². The maximum absolute atomic E-state index is 11.3. The van der Waals surface area contributed by atoms with E-state index >= 15 is 0 Å². The van der Waals surface area contributed by atoms with Crippen LogP contribution in [-0.2, 0) is 6.42 Å². The largest absolute Gasteiger partial charge is 0.326 e. The molecule has 0 aliphatic heterocycles. The summed E-state index contributed by atoms with van der Waals surface area (Å²) in [6.45, 7) is 3.32. The van der Waals surface area contributed by atoms with Crippen LogP contribution >= 0.6 is 11.8 Å². The average Bonchev–Trinajstić information content (AvgIpc) is 2.36. The lowest BCUT2D eigenvalue weighted by molar-refractivity contribution is 0.425. The molecule has 1 aromatic rings. The predicted octanol–water partition coefficient (Wildman–Crippen LogP) is 2.34. The van der Waals surface area contributed by atoms with E-state index in [-0.39, 0.29) is 5.56 Å². The van der Waals surface area contributed by atoms with Gasteiger partial charge in [0.2, 0.25) is 5.56 Å². The quantitative estimate of drug-likeness (QED) is 0.860. The summed E-state index contributed by atoms with van der Waals surface area (Å²) in [6, 6.07) is 4.05. The number of H-pyrrole nitrogens is 1. The van der Waals surface area contributed by atoms with Gasteiger partial charge < -0.3 is 10.3 Å². The minimum Gasteiger partial charge on any atom is -0.326 e. The zero-order valence-corrected chi connectivity index (χ0v) is 12.0. The molecule has 3 nitrogen and oxygen atoms in total. The van der Waals surface area contributed by atoms with E-state index in [1.165, 1.54) is 17.7 Å². The fraction of sp³-hybridized carbons (Fsp3) is 0.643. The first-order valence-electron chi connectivity index (χ1n) is 6.65. The standard InChI is InChI=1S/C14H22N2OS/c1-10(9-18-2)8-15-12-4-3-5-13-11(12)6-7-14(17)16-13/h6-7,10,12,15H,3-5,8-9H2,1-2H3,(H,16,17). The topological polar surface area (TPSA) is 44.9 Å². The van der Waals surface area contributed by atoms with E-state index in [0.29, 0.717) is 12.0 Å². The van der Waals surface area contributed by atoms with Crippen LogP contribution in [0.5, 0.6) is 0 Å². The molecule has 1 heterocycles. The molecule has 0 saturated heterocycles. The van der Waals surface area contributed by atoms with Crippen molar-refractivity contribution < 1.29 is 0 Å². The lowest BCUT2D eigenvalue weighted by atomic mass is 9.91. The van der Waals surface area contributed by atoms with Gasteiger partial charge in [0.05, 0.1) is 0 Å². The number of aromatic amines is 1. The van der Waals surface area contributed by atoms with E-state index in [2.05, 4.69) is 23.5 Å². The van der Waals surface area contributed by atoms with Crippen LogP contribution in [0.1, 0.15) is 37.1 Å². The second-order valence-corrected chi connectivity index (χ2v) is 6.08. The molecule has 1 aromatic heterocycles. The maximum Gasteiger partial charge on any atom is 0.248 e. The van der Waals surface area contributed by atoms with Gasteiger partial charge in [-0.3, -0.25) is 4.79 Å². The molecule has 0 fully saturated rings. The lowest BCUT2D eigenvalue weighted by Gasteiger charge is -2.27. The van der Waals surface area contributed by atoms with E-state index in [4.69, 9.17) is 0 Å². The molecule has 0 aromatic carbocycles. The molecule has 4 heteroatoms. The van der Waals surface area contributed by atoms with Gasteiger partial charge >= 0.3 is 0 Å². The Morgan fingerprint density at radius 1 is 1.56 bits per heavy atom. The molecule has 1 aliphatic rings. The predicted molar refractivity (Wildman–Crippen MR) is 78.3 cm³/mol. The molecular weight excluding hydrogens is 244 g/mol. The Balaban J connectivity index is 2.01. The van der Waals surface area contributed by atoms with Gasteiger partial charge in [0.15, 0.2) is 0 Å². The van der Waals surface area contributed by atoms with Crippen LogP contribution < -0.4 is 10.9 Å². The summed E-state index contributed by atoms with van der Waals surface area (Å²) in [4.78, 5) is 14.3. The first-order valence-corrected chi connectivity index (χ1v) is 8.04. The van der Waals surface area contributed by atoms with Crippen molar-refractivity contribution in [3.63, 3.8) is 0 Å². The van der Waals surface area contributed by atoms with E-state index < -0.39 is 0 Å². The van der Waals surface area contributed by atoms with E-state index in [0.717, 1.165) is 25.1 Å². The van der Waals surface area contributed by atoms with Crippen molar-refractivity contribution in [3.8, 4) is 0 Å². The van der Waals surface area contributed by atoms with E-state index in [9.17, 15) is 4.79 Å². The third-order valence-electron chi connectivity index (χ3n) is 3.50. The van der Waals surface area contributed by atoms with Crippen molar-refractivity contribution in [2.24, 2.45) is 5.92 Å². The van der Waals surface area contributed by atoms with Crippen LogP contribution in [0, 0.1) is 5.92 Å². The summed E-state index contributed by atoms with van der Waals surface area (Å²) in [7, 11) is 0. The number of hydrogen-bond donors (Lipinski definition) is 2. The Morgan fingerprint density at radius 3 is 3.17 bits per heavy atom. The fourth-order valence-corrected chi connectivity index (χ4v) is 3.29. The summed E-state index contributed by atoms with van der Waals surface area (Å²) in [5, 5.41) is 3.65. The van der Waals surface area contributed by atoms with Gasteiger partial charge in [0, 0.05) is 17.8 Å². The summed E-state index contributed by atoms with van der Waals surface area (Å²) in [5.41, 5.74) is 2.44. The van der Waals surface area contributed by atoms with Crippen LogP contribution in [0.25, 0.3) is 0 Å². The SMILES string of the molecule is CSCC(C)CNC1CCCc2[nH]c(=O)ccc21. The molecule has 0 spiro atoms. The molecule has 0 radical (unpaired) electrons. The number of rotatable bonds is 5. The number of hydrogen-bond acceptors (Lipinski definition) is 3. The summed E-state index contributed by atoms with van der Waals surface area (Å²) in [5.74, 6) is 1.88. The van der Waals surface area contributed by atoms with Crippen molar-refractivity contribution in [1.82, 2.24) is 10.3 Å². The Hall–Kier alpha value is -0.740. The molecule has 2 atom stereocenters. The summed E-state index contributed by atoms with van der Waals surface area (Å²) < 4.78 is 0. The third kappa shape index (κ3) is 3.39. The number of thioether (sulfide) groups is 1. The number of fused-ring (bicyclic) bond motifs is 1. The molecular formula is C14H22N2OS. The van der Waals surface area contributed by atoms with Crippen LogP contribution in [-0.4, -0.2) is 23.5 Å². The summed E-state index contributed by atoms with van der Waals surface area (Å²) in [6.07, 6.45) is 5.48. The molecule has 2 N–H and O–H groups in total. The molecule has 18 heavy (non-hydrogen) atoms. The van der Waals surface area contributed by atoms with Crippen LogP contribution in [0.15, 0.2) is 16.9 Å². The van der Waals surface area contributed by atoms with Crippen LogP contribution in [0.2, 0.25) is 0 Å². The highest BCUT2D eigenvalue weighted by Gasteiger charge is 2.20. The fourth-order valence-electron chi connectivity index (χ4n) is 2.60. The maximum atomic E-state index is 11.3. The zero-order valence-electron chi connectivity index (χ0n) is 11.2. The van der Waals surface area contributed by atoms with Gasteiger partial charge in [-0.1, -0.05) is 13.0 Å². The normalized spacial score (nSPS) is 20.4. The van der Waals surface area contributed by atoms with Crippen LogP contribution in [0.3, 0.4) is 0 Å². The molecule has 100 valence electrons. The molecule has 0 saturated carbocycles. The Labute approximate surface area is 113 Å².